The third kappa shape index (κ3) is 5.04. The first-order valence-corrected chi connectivity index (χ1v) is 11.8. The predicted octanol–water partition coefficient (Wildman–Crippen LogP) is 4.68. The van der Waals surface area contributed by atoms with Gasteiger partial charge in [-0.2, -0.15) is 0 Å². The molecular weight excluding hydrogens is 428 g/mol. The van der Waals surface area contributed by atoms with E-state index in [1.807, 2.05) is 79.4 Å². The van der Waals surface area contributed by atoms with Crippen molar-refractivity contribution in [2.24, 2.45) is 0 Å². The fourth-order valence-corrected chi connectivity index (χ4v) is 4.86. The topological polar surface area (TPSA) is 76.6 Å². The van der Waals surface area contributed by atoms with Crippen LogP contribution >= 0.6 is 0 Å². The highest BCUT2D eigenvalue weighted by molar-refractivity contribution is 5.95. The number of rotatable bonds is 5. The lowest BCUT2D eigenvalue weighted by molar-refractivity contribution is -0.0395. The molecule has 1 amide bonds. The third-order valence-electron chi connectivity index (χ3n) is 6.53. The fourth-order valence-electron chi connectivity index (χ4n) is 4.86. The zero-order valence-electron chi connectivity index (χ0n) is 19.7. The SMILES string of the molecule is Cc1cc(C)nc(Nc2cccc(C(=O)N3CCC4(CC3)C[C@@H](Oc3ccccc3)CO4)c2)n1. The molecule has 1 spiro atoms. The predicted molar refractivity (Wildman–Crippen MR) is 131 cm³/mol. The van der Waals surface area contributed by atoms with Crippen LogP contribution in [0.1, 0.15) is 41.0 Å². The molecule has 0 radical (unpaired) electrons. The molecule has 0 bridgehead atoms. The first-order valence-electron chi connectivity index (χ1n) is 11.8. The molecule has 1 atom stereocenters. The number of anilines is 2. The Bertz CT molecular complexity index is 1140. The molecule has 2 saturated heterocycles. The number of aromatic nitrogens is 2. The van der Waals surface area contributed by atoms with Crippen molar-refractivity contribution in [3.63, 3.8) is 0 Å². The monoisotopic (exact) mass is 458 g/mol. The minimum atomic E-state index is -0.194. The second-order valence-electron chi connectivity index (χ2n) is 9.22. The summed E-state index contributed by atoms with van der Waals surface area (Å²) in [5, 5.41) is 3.22. The van der Waals surface area contributed by atoms with E-state index in [9.17, 15) is 4.79 Å². The van der Waals surface area contributed by atoms with Crippen LogP contribution in [0.4, 0.5) is 11.6 Å². The highest BCUT2D eigenvalue weighted by atomic mass is 16.6. The molecule has 3 aromatic rings. The number of nitrogens with zero attached hydrogens (tertiary/aromatic N) is 3. The van der Waals surface area contributed by atoms with E-state index in [2.05, 4.69) is 15.3 Å². The summed E-state index contributed by atoms with van der Waals surface area (Å²) in [7, 11) is 0. The van der Waals surface area contributed by atoms with Gasteiger partial charge in [0.15, 0.2) is 0 Å². The Morgan fingerprint density at radius 1 is 1.03 bits per heavy atom. The van der Waals surface area contributed by atoms with E-state index in [1.54, 1.807) is 0 Å². The Kier molecular flexibility index (Phi) is 6.20. The molecule has 3 heterocycles. The average molecular weight is 459 g/mol. The van der Waals surface area contributed by atoms with Crippen molar-refractivity contribution in [2.45, 2.75) is 44.8 Å². The normalized spacial score (nSPS) is 19.2. The van der Waals surface area contributed by atoms with Crippen LogP contribution in [0.2, 0.25) is 0 Å². The van der Waals surface area contributed by atoms with Crippen LogP contribution < -0.4 is 10.1 Å². The number of nitrogens with one attached hydrogen (secondary N) is 1. The van der Waals surface area contributed by atoms with Crippen molar-refractivity contribution in [1.82, 2.24) is 14.9 Å². The maximum atomic E-state index is 13.2. The second kappa shape index (κ2) is 9.43. The summed E-state index contributed by atoms with van der Waals surface area (Å²) in [5.74, 6) is 1.45. The van der Waals surface area contributed by atoms with Crippen molar-refractivity contribution < 1.29 is 14.3 Å². The first-order chi connectivity index (χ1) is 16.5. The Balaban J connectivity index is 1.19. The third-order valence-corrected chi connectivity index (χ3v) is 6.53. The van der Waals surface area contributed by atoms with Crippen molar-refractivity contribution in [3.05, 3.63) is 77.6 Å². The van der Waals surface area contributed by atoms with Gasteiger partial charge in [0.05, 0.1) is 12.2 Å². The summed E-state index contributed by atoms with van der Waals surface area (Å²) in [6.45, 7) is 5.82. The van der Waals surface area contributed by atoms with Crippen LogP contribution in [-0.2, 0) is 4.74 Å². The van der Waals surface area contributed by atoms with E-state index < -0.39 is 0 Å². The van der Waals surface area contributed by atoms with Crippen LogP contribution in [0.3, 0.4) is 0 Å². The van der Waals surface area contributed by atoms with Gasteiger partial charge >= 0.3 is 0 Å². The van der Waals surface area contributed by atoms with Crippen molar-refractivity contribution in [1.29, 1.82) is 0 Å². The molecule has 2 aliphatic heterocycles. The summed E-state index contributed by atoms with van der Waals surface area (Å²) in [4.78, 5) is 24.0. The smallest absolute Gasteiger partial charge is 0.253 e. The minimum Gasteiger partial charge on any atom is -0.488 e. The number of piperidine rings is 1. The highest BCUT2D eigenvalue weighted by Gasteiger charge is 2.44. The number of likely N-dealkylation sites (tertiary alicyclic amines) is 1. The summed E-state index contributed by atoms with van der Waals surface area (Å²) >= 11 is 0. The largest absolute Gasteiger partial charge is 0.488 e. The van der Waals surface area contributed by atoms with Crippen LogP contribution in [-0.4, -0.2) is 52.2 Å². The molecule has 7 heteroatoms. The number of para-hydroxylation sites is 1. The van der Waals surface area contributed by atoms with Gasteiger partial charge in [0, 0.05) is 42.1 Å². The quantitative estimate of drug-likeness (QED) is 0.598. The summed E-state index contributed by atoms with van der Waals surface area (Å²) in [6.07, 6.45) is 2.56. The standard InChI is InChI=1S/C27H30N4O3/c1-19-15-20(2)29-26(28-19)30-22-8-6-7-21(16-22)25(32)31-13-11-27(12-14-31)17-24(18-33-27)34-23-9-4-3-5-10-23/h3-10,15-16,24H,11-14,17-18H2,1-2H3,(H,28,29,30)/t24-/m1/s1. The van der Waals surface area contributed by atoms with Crippen LogP contribution in [0.25, 0.3) is 0 Å². The molecule has 5 rings (SSSR count). The van der Waals surface area contributed by atoms with Crippen molar-refractivity contribution >= 4 is 17.5 Å². The first kappa shape index (κ1) is 22.3. The number of amides is 1. The molecule has 1 N–H and O–H groups in total. The maximum absolute atomic E-state index is 13.2. The van der Waals surface area contributed by atoms with Gasteiger partial charge in [-0.1, -0.05) is 24.3 Å². The molecule has 34 heavy (non-hydrogen) atoms. The Morgan fingerprint density at radius 2 is 1.76 bits per heavy atom. The Hall–Kier alpha value is -3.45. The fraction of sp³-hybridized carbons (Fsp3) is 0.370. The number of benzene rings is 2. The number of hydrogen-bond acceptors (Lipinski definition) is 6. The van der Waals surface area contributed by atoms with E-state index in [4.69, 9.17) is 9.47 Å². The zero-order chi connectivity index (χ0) is 23.5. The summed E-state index contributed by atoms with van der Waals surface area (Å²) in [5.41, 5.74) is 3.05. The molecule has 0 saturated carbocycles. The molecule has 0 unspecified atom stereocenters. The van der Waals surface area contributed by atoms with Gasteiger partial charge in [0.1, 0.15) is 11.9 Å². The van der Waals surface area contributed by atoms with E-state index in [0.717, 1.165) is 42.1 Å². The number of carbonyl (C=O) groups is 1. The average Bonchev–Trinajstić information content (AvgIpc) is 3.21. The van der Waals surface area contributed by atoms with Gasteiger partial charge in [-0.15, -0.1) is 0 Å². The van der Waals surface area contributed by atoms with E-state index >= 15 is 0 Å². The number of aryl methyl sites for hydroxylation is 2. The Morgan fingerprint density at radius 3 is 2.50 bits per heavy atom. The van der Waals surface area contributed by atoms with Gasteiger partial charge in [-0.25, -0.2) is 9.97 Å². The molecule has 2 aliphatic rings. The van der Waals surface area contributed by atoms with Gasteiger partial charge in [0.2, 0.25) is 5.95 Å². The number of ether oxygens (including phenoxy) is 2. The number of hydrogen-bond donors (Lipinski definition) is 1. The molecular formula is C27H30N4O3. The second-order valence-corrected chi connectivity index (χ2v) is 9.22. The Labute approximate surface area is 200 Å². The van der Waals surface area contributed by atoms with E-state index in [0.29, 0.717) is 31.2 Å². The lowest BCUT2D eigenvalue weighted by Gasteiger charge is -2.38. The van der Waals surface area contributed by atoms with Crippen molar-refractivity contribution in [2.75, 3.05) is 25.0 Å². The van der Waals surface area contributed by atoms with Crippen molar-refractivity contribution in [3.8, 4) is 5.75 Å². The van der Waals surface area contributed by atoms with Crippen LogP contribution in [0, 0.1) is 13.8 Å². The molecule has 2 aromatic carbocycles. The zero-order valence-corrected chi connectivity index (χ0v) is 19.7. The van der Waals surface area contributed by atoms with Gasteiger partial charge in [0.25, 0.3) is 5.91 Å². The summed E-state index contributed by atoms with van der Waals surface area (Å²) < 4.78 is 12.3. The van der Waals surface area contributed by atoms with E-state index in [1.165, 1.54) is 0 Å². The number of carbonyl (C=O) groups excluding carboxylic acids is 1. The summed E-state index contributed by atoms with van der Waals surface area (Å²) in [6, 6.07) is 19.3. The molecule has 0 aliphatic carbocycles. The van der Waals surface area contributed by atoms with Gasteiger partial charge in [-0.05, 0) is 63.1 Å². The van der Waals surface area contributed by atoms with Gasteiger partial charge in [-0.3, -0.25) is 4.79 Å². The highest BCUT2D eigenvalue weighted by Crippen LogP contribution is 2.37. The molecule has 7 nitrogen and oxygen atoms in total. The van der Waals surface area contributed by atoms with Gasteiger partial charge < -0.3 is 19.7 Å². The lowest BCUT2D eigenvalue weighted by Crippen LogP contribution is -2.46. The molecule has 1 aromatic heterocycles. The lowest BCUT2D eigenvalue weighted by atomic mass is 9.87. The van der Waals surface area contributed by atoms with E-state index in [-0.39, 0.29) is 17.6 Å². The molecule has 176 valence electrons. The minimum absolute atomic E-state index is 0.0370. The maximum Gasteiger partial charge on any atom is 0.253 e. The van der Waals surface area contributed by atoms with Crippen LogP contribution in [0.15, 0.2) is 60.7 Å². The van der Waals surface area contributed by atoms with Crippen LogP contribution in [0.5, 0.6) is 5.75 Å². The molecule has 2 fully saturated rings.